The number of hydrogen-bond donors (Lipinski definition) is 0. The molecule has 0 bridgehead atoms. The van der Waals surface area contributed by atoms with Gasteiger partial charge in [-0.3, -0.25) is 14.8 Å². The van der Waals surface area contributed by atoms with Gasteiger partial charge in [0.05, 0.1) is 11.4 Å². The third kappa shape index (κ3) is 2.81. The fourth-order valence-electron chi connectivity index (χ4n) is 3.79. The van der Waals surface area contributed by atoms with Crippen molar-refractivity contribution >= 4 is 5.91 Å². The Morgan fingerprint density at radius 1 is 1.25 bits per heavy atom. The summed E-state index contributed by atoms with van der Waals surface area (Å²) in [4.78, 5) is 23.7. The topological polar surface area (TPSA) is 72.1 Å². The molecule has 0 unspecified atom stereocenters. The summed E-state index contributed by atoms with van der Waals surface area (Å²) in [7, 11) is 0. The van der Waals surface area contributed by atoms with Crippen LogP contribution in [0, 0.1) is 6.92 Å². The van der Waals surface area contributed by atoms with Gasteiger partial charge in [0.15, 0.2) is 5.69 Å². The number of aromatic nitrogens is 3. The molecule has 6 nitrogen and oxygen atoms in total. The van der Waals surface area contributed by atoms with Crippen molar-refractivity contribution in [3.63, 3.8) is 0 Å². The smallest absolute Gasteiger partial charge is 0.276 e. The highest BCUT2D eigenvalue weighted by Crippen LogP contribution is 2.29. The number of aryl methyl sites for hydroxylation is 2. The predicted octanol–water partition coefficient (Wildman–Crippen LogP) is 2.67. The zero-order valence-corrected chi connectivity index (χ0v) is 14.0. The van der Waals surface area contributed by atoms with E-state index in [0.717, 1.165) is 67.8 Å². The zero-order chi connectivity index (χ0) is 16.5. The maximum Gasteiger partial charge on any atom is 0.276 e. The van der Waals surface area contributed by atoms with Crippen LogP contribution in [-0.2, 0) is 12.8 Å². The maximum atomic E-state index is 12.9. The van der Waals surface area contributed by atoms with Crippen LogP contribution in [0.25, 0.3) is 0 Å². The first kappa shape index (κ1) is 15.3. The third-order valence-electron chi connectivity index (χ3n) is 5.05. The first-order valence-corrected chi connectivity index (χ1v) is 8.77. The second kappa shape index (κ2) is 6.34. The molecule has 0 aromatic carbocycles. The van der Waals surface area contributed by atoms with Crippen molar-refractivity contribution in [3.05, 3.63) is 40.8 Å². The lowest BCUT2D eigenvalue weighted by atomic mass is 9.93. The van der Waals surface area contributed by atoms with E-state index in [2.05, 4.69) is 15.1 Å². The van der Waals surface area contributed by atoms with Crippen LogP contribution < -0.4 is 0 Å². The average Bonchev–Trinajstić information content (AvgIpc) is 3.05. The van der Waals surface area contributed by atoms with Gasteiger partial charge < -0.3 is 9.42 Å². The molecule has 2 aromatic heterocycles. The van der Waals surface area contributed by atoms with Crippen molar-refractivity contribution in [2.75, 3.05) is 13.1 Å². The van der Waals surface area contributed by atoms with Gasteiger partial charge in [-0.2, -0.15) is 0 Å². The number of piperidine rings is 1. The molecule has 0 N–H and O–H groups in total. The molecule has 6 heteroatoms. The molecule has 1 amide bonds. The summed E-state index contributed by atoms with van der Waals surface area (Å²) in [5.41, 5.74) is 3.46. The van der Waals surface area contributed by atoms with Crippen LogP contribution in [-0.4, -0.2) is 39.0 Å². The molecule has 0 saturated carbocycles. The van der Waals surface area contributed by atoms with E-state index < -0.39 is 0 Å². The number of hydrogen-bond acceptors (Lipinski definition) is 5. The van der Waals surface area contributed by atoms with E-state index in [1.807, 2.05) is 18.0 Å². The van der Waals surface area contributed by atoms with Crippen LogP contribution in [0.1, 0.15) is 64.8 Å². The summed E-state index contributed by atoms with van der Waals surface area (Å²) in [6, 6.07) is 0. The van der Waals surface area contributed by atoms with Crippen LogP contribution in [0.5, 0.6) is 0 Å². The first-order chi connectivity index (χ1) is 11.7. The Morgan fingerprint density at radius 3 is 3.00 bits per heavy atom. The lowest BCUT2D eigenvalue weighted by Gasteiger charge is -2.32. The predicted molar refractivity (Wildman–Crippen MR) is 87.8 cm³/mol. The van der Waals surface area contributed by atoms with Crippen LogP contribution in [0.2, 0.25) is 0 Å². The maximum absolute atomic E-state index is 12.9. The molecule has 126 valence electrons. The van der Waals surface area contributed by atoms with E-state index in [0.29, 0.717) is 12.2 Å². The van der Waals surface area contributed by atoms with Crippen LogP contribution in [0.3, 0.4) is 0 Å². The van der Waals surface area contributed by atoms with Gasteiger partial charge in [-0.05, 0) is 39.0 Å². The number of likely N-dealkylation sites (tertiary alicyclic amines) is 1. The normalized spacial score (nSPS) is 20.7. The monoisotopic (exact) mass is 326 g/mol. The fraction of sp³-hybridized carbons (Fsp3) is 0.556. The van der Waals surface area contributed by atoms with Gasteiger partial charge in [0, 0.05) is 43.4 Å². The summed E-state index contributed by atoms with van der Waals surface area (Å²) < 4.78 is 5.41. The van der Waals surface area contributed by atoms with Crippen molar-refractivity contribution in [2.45, 2.75) is 51.4 Å². The molecule has 1 fully saturated rings. The lowest BCUT2D eigenvalue weighted by molar-refractivity contribution is 0.0694. The molecule has 0 spiro atoms. The van der Waals surface area contributed by atoms with E-state index in [4.69, 9.17) is 4.52 Å². The van der Waals surface area contributed by atoms with Gasteiger partial charge in [-0.25, -0.2) is 0 Å². The quantitative estimate of drug-likeness (QED) is 0.848. The zero-order valence-electron chi connectivity index (χ0n) is 14.0. The van der Waals surface area contributed by atoms with Gasteiger partial charge in [0.25, 0.3) is 5.91 Å². The van der Waals surface area contributed by atoms with E-state index >= 15 is 0 Å². The highest BCUT2D eigenvalue weighted by atomic mass is 16.5. The molecule has 1 aliphatic carbocycles. The van der Waals surface area contributed by atoms with E-state index in [1.54, 1.807) is 6.20 Å². The Bertz CT molecular complexity index is 755. The van der Waals surface area contributed by atoms with Crippen LogP contribution in [0.15, 0.2) is 16.9 Å². The van der Waals surface area contributed by atoms with E-state index in [-0.39, 0.29) is 11.8 Å². The average molecular weight is 326 g/mol. The molecular formula is C18H22N4O2. The van der Waals surface area contributed by atoms with Crippen molar-refractivity contribution < 1.29 is 9.32 Å². The largest absolute Gasteiger partial charge is 0.360 e. The Kier molecular flexibility index (Phi) is 4.04. The minimum absolute atomic E-state index is 0.00668. The van der Waals surface area contributed by atoms with Crippen molar-refractivity contribution in [1.82, 2.24) is 20.0 Å². The summed E-state index contributed by atoms with van der Waals surface area (Å²) in [6.07, 6.45) is 9.63. The van der Waals surface area contributed by atoms with Gasteiger partial charge in [0.2, 0.25) is 0 Å². The lowest BCUT2D eigenvalue weighted by Crippen LogP contribution is -2.40. The van der Waals surface area contributed by atoms with Crippen molar-refractivity contribution in [3.8, 4) is 0 Å². The van der Waals surface area contributed by atoms with Gasteiger partial charge >= 0.3 is 0 Å². The molecule has 2 aliphatic rings. The van der Waals surface area contributed by atoms with Crippen molar-refractivity contribution in [1.29, 1.82) is 0 Å². The van der Waals surface area contributed by atoms with Gasteiger partial charge in [0.1, 0.15) is 5.76 Å². The molecule has 2 aromatic rings. The summed E-state index contributed by atoms with van der Waals surface area (Å²) in [5, 5.41) is 4.09. The minimum Gasteiger partial charge on any atom is -0.360 e. The van der Waals surface area contributed by atoms with Gasteiger partial charge in [-0.15, -0.1) is 0 Å². The number of carbonyl (C=O) groups is 1. The van der Waals surface area contributed by atoms with E-state index in [1.165, 1.54) is 0 Å². The summed E-state index contributed by atoms with van der Waals surface area (Å²) in [6.45, 7) is 3.40. The molecule has 1 atom stereocenters. The molecule has 3 heterocycles. The molecule has 4 rings (SSSR count). The molecule has 1 saturated heterocycles. The molecular weight excluding hydrogens is 304 g/mol. The molecule has 1 aliphatic heterocycles. The van der Waals surface area contributed by atoms with Crippen molar-refractivity contribution in [2.24, 2.45) is 0 Å². The highest BCUT2D eigenvalue weighted by molar-refractivity contribution is 5.94. The minimum atomic E-state index is 0.00668. The van der Waals surface area contributed by atoms with Gasteiger partial charge in [-0.1, -0.05) is 5.16 Å². The Hall–Kier alpha value is -2.24. The molecule has 0 radical (unpaired) electrons. The Morgan fingerprint density at radius 2 is 2.12 bits per heavy atom. The number of fused-ring (bicyclic) bond motifs is 1. The Balaban J connectivity index is 1.54. The fourth-order valence-corrected chi connectivity index (χ4v) is 3.79. The SMILES string of the molecule is Cc1cncc([C@H]2CCCN(C(=O)c3noc4c3CCCC4)C2)n1. The first-order valence-electron chi connectivity index (χ1n) is 8.77. The summed E-state index contributed by atoms with van der Waals surface area (Å²) >= 11 is 0. The number of amides is 1. The molecule has 24 heavy (non-hydrogen) atoms. The van der Waals surface area contributed by atoms with E-state index in [9.17, 15) is 4.79 Å². The highest BCUT2D eigenvalue weighted by Gasteiger charge is 2.31. The Labute approximate surface area is 141 Å². The van der Waals surface area contributed by atoms with Crippen LogP contribution in [0.4, 0.5) is 0 Å². The summed E-state index contributed by atoms with van der Waals surface area (Å²) in [5.74, 6) is 1.16. The second-order valence-corrected chi connectivity index (χ2v) is 6.82. The number of nitrogens with zero attached hydrogens (tertiary/aromatic N) is 4. The van der Waals surface area contributed by atoms with Crippen LogP contribution >= 0.6 is 0 Å². The number of rotatable bonds is 2. The standard InChI is InChI=1S/C18H22N4O2/c1-12-9-19-10-15(20-12)13-5-4-8-22(11-13)18(23)17-14-6-2-3-7-16(14)24-21-17/h9-10,13H,2-8,11H2,1H3/t13-/m0/s1. The third-order valence-corrected chi connectivity index (χ3v) is 5.05. The second-order valence-electron chi connectivity index (χ2n) is 6.82. The number of carbonyl (C=O) groups excluding carboxylic acids is 1.